The Labute approximate surface area is 123 Å². The molecule has 7 nitrogen and oxygen atoms in total. The van der Waals surface area contributed by atoms with Gasteiger partial charge in [0.2, 0.25) is 10.0 Å². The van der Waals surface area contributed by atoms with Gasteiger partial charge in [0.05, 0.1) is 15.9 Å². The lowest BCUT2D eigenvalue weighted by Gasteiger charge is -2.27. The molecule has 2 rings (SSSR count). The van der Waals surface area contributed by atoms with Crippen LogP contribution >= 0.6 is 0 Å². The lowest BCUT2D eigenvalue weighted by molar-refractivity contribution is -0.385. The monoisotopic (exact) mass is 314 g/mol. The minimum Gasteiger partial charge on any atom is -0.393 e. The van der Waals surface area contributed by atoms with E-state index >= 15 is 0 Å². The minimum absolute atomic E-state index is 0.104. The molecule has 2 atom stereocenters. The molecule has 1 aliphatic rings. The zero-order valence-electron chi connectivity index (χ0n) is 11.4. The highest BCUT2D eigenvalue weighted by Gasteiger charge is 2.25. The number of nitrogens with zero attached hydrogens (tertiary/aromatic N) is 1. The van der Waals surface area contributed by atoms with E-state index in [2.05, 4.69) is 4.72 Å². The van der Waals surface area contributed by atoms with Crippen LogP contribution in [0.2, 0.25) is 0 Å². The Hall–Kier alpha value is -1.51. The quantitative estimate of drug-likeness (QED) is 0.631. The maximum absolute atomic E-state index is 12.1. The summed E-state index contributed by atoms with van der Waals surface area (Å²) < 4.78 is 26.7. The van der Waals surface area contributed by atoms with E-state index in [9.17, 15) is 23.6 Å². The average molecular weight is 314 g/mol. The molecule has 0 radical (unpaired) electrons. The fourth-order valence-electron chi connectivity index (χ4n) is 2.49. The predicted octanol–water partition coefficient (Wildman–Crippen LogP) is 1.42. The van der Waals surface area contributed by atoms with Gasteiger partial charge in [0.25, 0.3) is 5.69 Å². The second kappa shape index (κ2) is 6.50. The molecule has 1 saturated carbocycles. The van der Waals surface area contributed by atoms with Crippen LogP contribution in [0.3, 0.4) is 0 Å². The largest absolute Gasteiger partial charge is 0.393 e. The number of sulfonamides is 1. The summed E-state index contributed by atoms with van der Waals surface area (Å²) in [5.41, 5.74) is -0.268. The summed E-state index contributed by atoms with van der Waals surface area (Å²) in [6.45, 7) is 0.145. The van der Waals surface area contributed by atoms with Crippen molar-refractivity contribution >= 4 is 15.7 Å². The minimum atomic E-state index is -3.80. The number of hydrogen-bond acceptors (Lipinski definition) is 5. The molecule has 8 heteroatoms. The summed E-state index contributed by atoms with van der Waals surface area (Å²) in [5, 5.41) is 20.5. The molecule has 0 aromatic heterocycles. The van der Waals surface area contributed by atoms with E-state index in [1.807, 2.05) is 0 Å². The molecule has 0 amide bonds. The van der Waals surface area contributed by atoms with Gasteiger partial charge in [0.1, 0.15) is 0 Å². The molecule has 0 spiro atoms. The van der Waals surface area contributed by atoms with Gasteiger partial charge in [-0.1, -0.05) is 18.9 Å². The molecule has 2 N–H and O–H groups in total. The fourth-order valence-corrected chi connectivity index (χ4v) is 3.62. The summed E-state index contributed by atoms with van der Waals surface area (Å²) in [7, 11) is -3.80. The number of aliphatic hydroxyl groups excluding tert-OH is 1. The molecule has 1 fully saturated rings. The van der Waals surface area contributed by atoms with E-state index in [1.165, 1.54) is 18.2 Å². The number of benzene rings is 1. The predicted molar refractivity (Wildman–Crippen MR) is 76.2 cm³/mol. The smallest absolute Gasteiger partial charge is 0.270 e. The first-order valence-corrected chi connectivity index (χ1v) is 8.30. The summed E-state index contributed by atoms with van der Waals surface area (Å²) in [6.07, 6.45) is 2.89. The van der Waals surface area contributed by atoms with Crippen LogP contribution in [0.15, 0.2) is 29.2 Å². The molecule has 21 heavy (non-hydrogen) atoms. The first-order chi connectivity index (χ1) is 9.90. The number of nitro groups is 1. The SMILES string of the molecule is O=[N+]([O-])c1cccc(S(=O)(=O)NCC2CCCCC2O)c1. The average Bonchev–Trinajstić information content (AvgIpc) is 2.46. The number of nitro benzene ring substituents is 1. The standard InChI is InChI=1S/C13H18N2O5S/c16-13-7-2-1-4-10(13)9-14-21(19,20)12-6-3-5-11(8-12)15(17)18/h3,5-6,8,10,13-14,16H,1-2,4,7,9H2. The van der Waals surface area contributed by atoms with Crippen molar-refractivity contribution in [3.8, 4) is 0 Å². The molecule has 0 aliphatic heterocycles. The zero-order chi connectivity index (χ0) is 15.5. The van der Waals surface area contributed by atoms with Crippen LogP contribution in [0.25, 0.3) is 0 Å². The molecule has 1 aromatic rings. The van der Waals surface area contributed by atoms with Gasteiger partial charge in [-0.25, -0.2) is 13.1 Å². The Morgan fingerprint density at radius 2 is 2.05 bits per heavy atom. The molecular formula is C13H18N2O5S. The maximum Gasteiger partial charge on any atom is 0.270 e. The van der Waals surface area contributed by atoms with Gasteiger partial charge in [-0.3, -0.25) is 10.1 Å². The van der Waals surface area contributed by atoms with Gasteiger partial charge in [0, 0.05) is 18.7 Å². The first kappa shape index (κ1) is 15.9. The second-order valence-electron chi connectivity index (χ2n) is 5.22. The number of aliphatic hydroxyl groups is 1. The fraction of sp³-hybridized carbons (Fsp3) is 0.538. The topological polar surface area (TPSA) is 110 Å². The number of nitrogens with one attached hydrogen (secondary N) is 1. The van der Waals surface area contributed by atoms with Crippen LogP contribution in [0.1, 0.15) is 25.7 Å². The highest BCUT2D eigenvalue weighted by Crippen LogP contribution is 2.24. The third kappa shape index (κ3) is 3.99. The van der Waals surface area contributed by atoms with Gasteiger partial charge in [-0.05, 0) is 24.8 Å². The molecule has 116 valence electrons. The van der Waals surface area contributed by atoms with Gasteiger partial charge in [-0.15, -0.1) is 0 Å². The Morgan fingerprint density at radius 1 is 1.33 bits per heavy atom. The number of hydrogen-bond donors (Lipinski definition) is 2. The zero-order valence-corrected chi connectivity index (χ0v) is 12.3. The molecule has 1 aliphatic carbocycles. The van der Waals surface area contributed by atoms with Crippen molar-refractivity contribution in [3.05, 3.63) is 34.4 Å². The van der Waals surface area contributed by atoms with E-state index < -0.39 is 21.1 Å². The normalized spacial score (nSPS) is 22.9. The van der Waals surface area contributed by atoms with Gasteiger partial charge in [-0.2, -0.15) is 0 Å². The maximum atomic E-state index is 12.1. The second-order valence-corrected chi connectivity index (χ2v) is 6.99. The van der Waals surface area contributed by atoms with E-state index in [0.29, 0.717) is 6.42 Å². The van der Waals surface area contributed by atoms with Crippen molar-refractivity contribution in [2.45, 2.75) is 36.7 Å². The van der Waals surface area contributed by atoms with Crippen LogP contribution in [0, 0.1) is 16.0 Å². The molecule has 1 aromatic carbocycles. The van der Waals surface area contributed by atoms with Crippen molar-refractivity contribution in [3.63, 3.8) is 0 Å². The van der Waals surface area contributed by atoms with Crippen LogP contribution in [0.4, 0.5) is 5.69 Å². The van der Waals surface area contributed by atoms with Crippen LogP contribution in [-0.2, 0) is 10.0 Å². The third-order valence-electron chi connectivity index (χ3n) is 3.74. The van der Waals surface area contributed by atoms with Crippen LogP contribution in [0.5, 0.6) is 0 Å². The third-order valence-corrected chi connectivity index (χ3v) is 5.16. The highest BCUT2D eigenvalue weighted by molar-refractivity contribution is 7.89. The van der Waals surface area contributed by atoms with E-state index in [4.69, 9.17) is 0 Å². The molecule has 0 saturated heterocycles. The molecule has 2 unspecified atom stereocenters. The van der Waals surface area contributed by atoms with Crippen LogP contribution < -0.4 is 4.72 Å². The van der Waals surface area contributed by atoms with E-state index in [-0.39, 0.29) is 23.0 Å². The van der Waals surface area contributed by atoms with Gasteiger partial charge in [0.15, 0.2) is 0 Å². The molecular weight excluding hydrogens is 296 g/mol. The molecule has 0 bridgehead atoms. The Morgan fingerprint density at radius 3 is 2.71 bits per heavy atom. The summed E-state index contributed by atoms with van der Waals surface area (Å²) >= 11 is 0. The number of non-ortho nitro benzene ring substituents is 1. The first-order valence-electron chi connectivity index (χ1n) is 6.82. The highest BCUT2D eigenvalue weighted by atomic mass is 32.2. The van der Waals surface area contributed by atoms with Crippen LogP contribution in [-0.4, -0.2) is 31.1 Å². The van der Waals surface area contributed by atoms with Crippen molar-refractivity contribution in [1.29, 1.82) is 0 Å². The van der Waals surface area contributed by atoms with Crippen molar-refractivity contribution in [2.75, 3.05) is 6.54 Å². The van der Waals surface area contributed by atoms with Gasteiger partial charge < -0.3 is 5.11 Å². The summed E-state index contributed by atoms with van der Waals surface area (Å²) in [6, 6.07) is 4.92. The van der Waals surface area contributed by atoms with Crippen molar-refractivity contribution < 1.29 is 18.4 Å². The van der Waals surface area contributed by atoms with Crippen molar-refractivity contribution in [2.24, 2.45) is 5.92 Å². The Kier molecular flexibility index (Phi) is 4.92. The van der Waals surface area contributed by atoms with Gasteiger partial charge >= 0.3 is 0 Å². The molecule has 0 heterocycles. The summed E-state index contributed by atoms with van der Waals surface area (Å²) in [4.78, 5) is 9.91. The van der Waals surface area contributed by atoms with E-state index in [1.54, 1.807) is 0 Å². The Bertz CT molecular complexity index is 617. The number of rotatable bonds is 5. The van der Waals surface area contributed by atoms with Crippen molar-refractivity contribution in [1.82, 2.24) is 4.72 Å². The summed E-state index contributed by atoms with van der Waals surface area (Å²) in [5.74, 6) is -0.104. The van der Waals surface area contributed by atoms with E-state index in [0.717, 1.165) is 25.3 Å². The lowest BCUT2D eigenvalue weighted by Crippen LogP contribution is -2.36. The Balaban J connectivity index is 2.07. The lowest BCUT2D eigenvalue weighted by atomic mass is 9.87.